The van der Waals surface area contributed by atoms with Gasteiger partial charge in [0, 0.05) is 23.1 Å². The van der Waals surface area contributed by atoms with Gasteiger partial charge in [-0.25, -0.2) is 4.79 Å². The van der Waals surface area contributed by atoms with Crippen LogP contribution in [-0.2, 0) is 4.74 Å². The average molecular weight is 325 g/mol. The van der Waals surface area contributed by atoms with E-state index in [0.29, 0.717) is 6.04 Å². The first kappa shape index (κ1) is 17.1. The monoisotopic (exact) mass is 324 g/mol. The highest BCUT2D eigenvalue weighted by atomic mass is 35.5. The molecule has 4 nitrogen and oxygen atoms in total. The Kier molecular flexibility index (Phi) is 5.35. The van der Waals surface area contributed by atoms with Gasteiger partial charge in [-0.3, -0.25) is 0 Å². The Morgan fingerprint density at radius 3 is 2.50 bits per heavy atom. The van der Waals surface area contributed by atoms with Crippen molar-refractivity contribution in [3.63, 3.8) is 0 Å². The van der Waals surface area contributed by atoms with Crippen molar-refractivity contribution in [2.75, 3.05) is 0 Å². The summed E-state index contributed by atoms with van der Waals surface area (Å²) >= 11 is 6.21. The third-order valence-electron chi connectivity index (χ3n) is 3.72. The number of amides is 1. The predicted molar refractivity (Wildman–Crippen MR) is 89.2 cm³/mol. The Morgan fingerprint density at radius 1 is 1.27 bits per heavy atom. The minimum absolute atomic E-state index is 0.186. The van der Waals surface area contributed by atoms with Gasteiger partial charge < -0.3 is 15.4 Å². The molecule has 0 aromatic heterocycles. The van der Waals surface area contributed by atoms with E-state index in [1.165, 1.54) is 0 Å². The molecular formula is C17H25ClN2O2. The van der Waals surface area contributed by atoms with E-state index in [1.54, 1.807) is 0 Å². The average Bonchev–Trinajstić information content (AvgIpc) is 2.34. The van der Waals surface area contributed by atoms with E-state index in [4.69, 9.17) is 16.3 Å². The van der Waals surface area contributed by atoms with Crippen molar-refractivity contribution in [2.45, 2.75) is 64.3 Å². The topological polar surface area (TPSA) is 50.4 Å². The minimum atomic E-state index is -0.454. The molecule has 122 valence electrons. The second-order valence-electron chi connectivity index (χ2n) is 6.92. The van der Waals surface area contributed by atoms with Gasteiger partial charge in [0.2, 0.25) is 0 Å². The fourth-order valence-electron chi connectivity index (χ4n) is 2.62. The van der Waals surface area contributed by atoms with E-state index in [0.717, 1.165) is 23.4 Å². The van der Waals surface area contributed by atoms with Gasteiger partial charge in [-0.15, -0.1) is 0 Å². The second kappa shape index (κ2) is 6.88. The number of carbonyl (C=O) groups is 1. The number of rotatable bonds is 4. The summed E-state index contributed by atoms with van der Waals surface area (Å²) in [5, 5.41) is 7.23. The van der Waals surface area contributed by atoms with Gasteiger partial charge in [0.05, 0.1) is 0 Å². The normalized spacial score (nSPS) is 22.6. The molecule has 0 unspecified atom stereocenters. The summed E-state index contributed by atoms with van der Waals surface area (Å²) in [7, 11) is 0. The van der Waals surface area contributed by atoms with Gasteiger partial charge in [-0.05, 0) is 52.2 Å². The van der Waals surface area contributed by atoms with Gasteiger partial charge in [-0.1, -0.05) is 29.8 Å². The molecule has 2 rings (SSSR count). The quantitative estimate of drug-likeness (QED) is 0.878. The number of hydrogen-bond donors (Lipinski definition) is 2. The molecule has 1 aliphatic carbocycles. The second-order valence-corrected chi connectivity index (χ2v) is 7.33. The van der Waals surface area contributed by atoms with Gasteiger partial charge in [-0.2, -0.15) is 0 Å². The molecule has 1 aliphatic rings. The molecule has 0 saturated heterocycles. The zero-order chi connectivity index (χ0) is 16.3. The lowest BCUT2D eigenvalue weighted by Crippen LogP contribution is -2.53. The van der Waals surface area contributed by atoms with Crippen LogP contribution in [0.4, 0.5) is 4.79 Å². The van der Waals surface area contributed by atoms with Crippen LogP contribution in [0.25, 0.3) is 0 Å². The highest BCUT2D eigenvalue weighted by Crippen LogP contribution is 2.27. The standard InChI is InChI=1S/C17H25ClN2O2/c1-11(14-7-5-6-8-15(14)18)19-12-9-13(10-12)20-16(21)22-17(2,3)4/h5-8,11-13,19H,9-10H2,1-4H3,(H,20,21)/t11-,12?,13?/m1/s1. The molecule has 0 bridgehead atoms. The van der Waals surface area contributed by atoms with Crippen LogP contribution in [0.3, 0.4) is 0 Å². The van der Waals surface area contributed by atoms with Crippen molar-refractivity contribution in [1.29, 1.82) is 0 Å². The SMILES string of the molecule is C[C@@H](NC1CC(NC(=O)OC(C)(C)C)C1)c1ccccc1Cl. The van der Waals surface area contributed by atoms with Crippen LogP contribution in [0, 0.1) is 0 Å². The molecule has 1 fully saturated rings. The first-order valence-corrected chi connectivity index (χ1v) is 8.12. The number of nitrogens with one attached hydrogen (secondary N) is 2. The molecule has 0 radical (unpaired) electrons. The number of hydrogen-bond acceptors (Lipinski definition) is 3. The van der Waals surface area contributed by atoms with E-state index in [-0.39, 0.29) is 18.2 Å². The molecule has 22 heavy (non-hydrogen) atoms. The van der Waals surface area contributed by atoms with Crippen LogP contribution < -0.4 is 10.6 Å². The van der Waals surface area contributed by atoms with Crippen molar-refractivity contribution in [1.82, 2.24) is 10.6 Å². The maximum atomic E-state index is 11.7. The number of carbonyl (C=O) groups excluding carboxylic acids is 1. The van der Waals surface area contributed by atoms with Gasteiger partial charge in [0.1, 0.15) is 5.60 Å². The number of ether oxygens (including phenoxy) is 1. The lowest BCUT2D eigenvalue weighted by molar-refractivity contribution is 0.0463. The Labute approximate surface area is 137 Å². The molecule has 1 aromatic carbocycles. The molecule has 0 spiro atoms. The summed E-state index contributed by atoms with van der Waals surface area (Å²) in [6, 6.07) is 8.64. The Balaban J connectivity index is 1.73. The molecule has 0 heterocycles. The number of alkyl carbamates (subject to hydrolysis) is 1. The summed E-state index contributed by atoms with van der Waals surface area (Å²) < 4.78 is 5.26. The Morgan fingerprint density at radius 2 is 1.91 bits per heavy atom. The molecule has 1 atom stereocenters. The smallest absolute Gasteiger partial charge is 0.407 e. The lowest BCUT2D eigenvalue weighted by Gasteiger charge is -2.38. The van der Waals surface area contributed by atoms with Crippen molar-refractivity contribution >= 4 is 17.7 Å². The zero-order valence-electron chi connectivity index (χ0n) is 13.7. The van der Waals surface area contributed by atoms with E-state index in [1.807, 2.05) is 45.0 Å². The summed E-state index contributed by atoms with van der Waals surface area (Å²) in [4.78, 5) is 11.7. The molecule has 2 N–H and O–H groups in total. The van der Waals surface area contributed by atoms with Crippen molar-refractivity contribution < 1.29 is 9.53 Å². The highest BCUT2D eigenvalue weighted by Gasteiger charge is 2.32. The molecule has 1 amide bonds. The summed E-state index contributed by atoms with van der Waals surface area (Å²) in [6.07, 6.45) is 1.48. The fraction of sp³-hybridized carbons (Fsp3) is 0.588. The molecule has 5 heteroatoms. The van der Waals surface area contributed by atoms with E-state index < -0.39 is 5.60 Å². The van der Waals surface area contributed by atoms with Crippen LogP contribution in [0.2, 0.25) is 5.02 Å². The maximum Gasteiger partial charge on any atom is 0.407 e. The van der Waals surface area contributed by atoms with Gasteiger partial charge in [0.15, 0.2) is 0 Å². The Hall–Kier alpha value is -1.26. The predicted octanol–water partition coefficient (Wildman–Crippen LogP) is 4.05. The fourth-order valence-corrected chi connectivity index (χ4v) is 2.92. The van der Waals surface area contributed by atoms with Crippen LogP contribution in [-0.4, -0.2) is 23.8 Å². The Bertz CT molecular complexity index is 522. The summed E-state index contributed by atoms with van der Waals surface area (Å²) in [5.74, 6) is 0. The summed E-state index contributed by atoms with van der Waals surface area (Å²) in [6.45, 7) is 7.70. The van der Waals surface area contributed by atoms with E-state index in [9.17, 15) is 4.79 Å². The zero-order valence-corrected chi connectivity index (χ0v) is 14.4. The first-order valence-electron chi connectivity index (χ1n) is 7.74. The van der Waals surface area contributed by atoms with E-state index in [2.05, 4.69) is 17.6 Å². The van der Waals surface area contributed by atoms with Gasteiger partial charge >= 0.3 is 6.09 Å². The van der Waals surface area contributed by atoms with Crippen molar-refractivity contribution in [2.24, 2.45) is 0 Å². The molecule has 0 aliphatic heterocycles. The first-order chi connectivity index (χ1) is 10.2. The van der Waals surface area contributed by atoms with E-state index >= 15 is 0 Å². The molecular weight excluding hydrogens is 300 g/mol. The van der Waals surface area contributed by atoms with Crippen molar-refractivity contribution in [3.05, 3.63) is 34.9 Å². The largest absolute Gasteiger partial charge is 0.444 e. The number of halogens is 1. The van der Waals surface area contributed by atoms with Crippen LogP contribution in [0.1, 0.15) is 52.1 Å². The number of benzene rings is 1. The van der Waals surface area contributed by atoms with Gasteiger partial charge in [0.25, 0.3) is 0 Å². The maximum absolute atomic E-state index is 11.7. The third kappa shape index (κ3) is 4.89. The molecule has 1 saturated carbocycles. The molecule has 1 aromatic rings. The highest BCUT2D eigenvalue weighted by molar-refractivity contribution is 6.31. The summed E-state index contributed by atoms with van der Waals surface area (Å²) in [5.41, 5.74) is 0.650. The van der Waals surface area contributed by atoms with Crippen LogP contribution >= 0.6 is 11.6 Å². The van der Waals surface area contributed by atoms with Crippen LogP contribution in [0.5, 0.6) is 0 Å². The van der Waals surface area contributed by atoms with Crippen molar-refractivity contribution in [3.8, 4) is 0 Å². The minimum Gasteiger partial charge on any atom is -0.444 e. The van der Waals surface area contributed by atoms with Crippen LogP contribution in [0.15, 0.2) is 24.3 Å². The third-order valence-corrected chi connectivity index (χ3v) is 4.06. The lowest BCUT2D eigenvalue weighted by atomic mass is 9.86.